The van der Waals surface area contributed by atoms with Crippen molar-refractivity contribution in [2.45, 2.75) is 26.7 Å². The van der Waals surface area contributed by atoms with Crippen LogP contribution in [-0.2, 0) is 6.42 Å². The Morgan fingerprint density at radius 3 is 2.62 bits per heavy atom. The van der Waals surface area contributed by atoms with Crippen LogP contribution in [0.4, 0.5) is 0 Å². The van der Waals surface area contributed by atoms with Crippen LogP contribution < -0.4 is 4.74 Å². The van der Waals surface area contributed by atoms with Gasteiger partial charge in [0.1, 0.15) is 0 Å². The number of aromatic hydroxyl groups is 1. The average molecular weight is 180 g/mol. The molecule has 1 N–H and O–H groups in total. The number of hydrogen-bond donors (Lipinski definition) is 1. The minimum atomic E-state index is 0.296. The molecular formula is C11H16O2. The highest BCUT2D eigenvalue weighted by Gasteiger charge is 2.09. The summed E-state index contributed by atoms with van der Waals surface area (Å²) in [5.74, 6) is 0.860. The van der Waals surface area contributed by atoms with Gasteiger partial charge in [-0.05, 0) is 25.0 Å². The van der Waals surface area contributed by atoms with Gasteiger partial charge in [0.2, 0.25) is 0 Å². The van der Waals surface area contributed by atoms with Crippen LogP contribution in [0, 0.1) is 6.92 Å². The first kappa shape index (κ1) is 9.90. The highest BCUT2D eigenvalue weighted by molar-refractivity contribution is 5.49. The second-order valence-corrected chi connectivity index (χ2v) is 3.16. The molecule has 0 unspecified atom stereocenters. The summed E-state index contributed by atoms with van der Waals surface area (Å²) in [6.45, 7) is 4.10. The van der Waals surface area contributed by atoms with Gasteiger partial charge in [0.15, 0.2) is 11.5 Å². The van der Waals surface area contributed by atoms with Crippen LogP contribution in [0.15, 0.2) is 12.1 Å². The molecule has 1 aromatic rings. The number of methoxy groups -OCH3 is 1. The zero-order valence-corrected chi connectivity index (χ0v) is 8.42. The van der Waals surface area contributed by atoms with Crippen molar-refractivity contribution in [2.24, 2.45) is 0 Å². The molecule has 0 atom stereocenters. The van der Waals surface area contributed by atoms with E-state index in [0.29, 0.717) is 11.5 Å². The van der Waals surface area contributed by atoms with Crippen molar-refractivity contribution in [3.8, 4) is 11.5 Å². The standard InChI is InChI=1S/C11H16O2/c1-4-5-9-8(2)6-7-10(13-3)11(9)12/h6-7,12H,4-5H2,1-3H3. The number of hydrogen-bond acceptors (Lipinski definition) is 2. The monoisotopic (exact) mass is 180 g/mol. The van der Waals surface area contributed by atoms with Crippen LogP contribution in [-0.4, -0.2) is 12.2 Å². The number of aryl methyl sites for hydroxylation is 1. The number of phenols is 1. The number of phenolic OH excluding ortho intramolecular Hbond substituents is 1. The second-order valence-electron chi connectivity index (χ2n) is 3.16. The largest absolute Gasteiger partial charge is 0.504 e. The molecule has 0 spiro atoms. The minimum Gasteiger partial charge on any atom is -0.504 e. The van der Waals surface area contributed by atoms with Gasteiger partial charge in [0.05, 0.1) is 7.11 Å². The van der Waals surface area contributed by atoms with Crippen LogP contribution >= 0.6 is 0 Å². The summed E-state index contributed by atoms with van der Waals surface area (Å²) < 4.78 is 5.04. The molecule has 0 saturated heterocycles. The second kappa shape index (κ2) is 4.17. The lowest BCUT2D eigenvalue weighted by Gasteiger charge is -2.10. The van der Waals surface area contributed by atoms with Crippen LogP contribution in [0.25, 0.3) is 0 Å². The smallest absolute Gasteiger partial charge is 0.161 e. The first-order valence-electron chi connectivity index (χ1n) is 4.56. The average Bonchev–Trinajstić information content (AvgIpc) is 2.12. The zero-order valence-electron chi connectivity index (χ0n) is 8.42. The van der Waals surface area contributed by atoms with Crippen molar-refractivity contribution < 1.29 is 9.84 Å². The summed E-state index contributed by atoms with van der Waals surface area (Å²) in [7, 11) is 1.57. The lowest BCUT2D eigenvalue weighted by Crippen LogP contribution is -1.92. The minimum absolute atomic E-state index is 0.296. The third kappa shape index (κ3) is 1.94. The van der Waals surface area contributed by atoms with Gasteiger partial charge in [0.25, 0.3) is 0 Å². The fourth-order valence-electron chi connectivity index (χ4n) is 1.45. The Bertz CT molecular complexity index is 292. The van der Waals surface area contributed by atoms with E-state index in [1.54, 1.807) is 13.2 Å². The quantitative estimate of drug-likeness (QED) is 0.774. The molecule has 0 radical (unpaired) electrons. The third-order valence-corrected chi connectivity index (χ3v) is 2.20. The summed E-state index contributed by atoms with van der Waals surface area (Å²) in [5, 5.41) is 9.78. The molecule has 0 fully saturated rings. The Balaban J connectivity index is 3.13. The van der Waals surface area contributed by atoms with Gasteiger partial charge in [-0.1, -0.05) is 19.4 Å². The van der Waals surface area contributed by atoms with Crippen molar-refractivity contribution >= 4 is 0 Å². The van der Waals surface area contributed by atoms with Crippen molar-refractivity contribution in [1.29, 1.82) is 0 Å². The van der Waals surface area contributed by atoms with E-state index in [9.17, 15) is 5.11 Å². The lowest BCUT2D eigenvalue weighted by atomic mass is 10.0. The fourth-order valence-corrected chi connectivity index (χ4v) is 1.45. The summed E-state index contributed by atoms with van der Waals surface area (Å²) in [6, 6.07) is 3.77. The van der Waals surface area contributed by atoms with Crippen LogP contribution in [0.1, 0.15) is 24.5 Å². The predicted molar refractivity (Wildman–Crippen MR) is 53.4 cm³/mol. The van der Waals surface area contributed by atoms with E-state index in [2.05, 4.69) is 6.92 Å². The van der Waals surface area contributed by atoms with E-state index in [-0.39, 0.29) is 0 Å². The Morgan fingerprint density at radius 2 is 2.08 bits per heavy atom. The fraction of sp³-hybridized carbons (Fsp3) is 0.455. The van der Waals surface area contributed by atoms with Gasteiger partial charge in [-0.2, -0.15) is 0 Å². The van der Waals surface area contributed by atoms with Crippen LogP contribution in [0.3, 0.4) is 0 Å². The van der Waals surface area contributed by atoms with Crippen molar-refractivity contribution in [1.82, 2.24) is 0 Å². The maximum absolute atomic E-state index is 9.78. The highest BCUT2D eigenvalue weighted by atomic mass is 16.5. The van der Waals surface area contributed by atoms with Crippen molar-refractivity contribution in [3.05, 3.63) is 23.3 Å². The Labute approximate surface area is 79.2 Å². The summed E-state index contributed by atoms with van der Waals surface area (Å²) in [4.78, 5) is 0. The Morgan fingerprint density at radius 1 is 1.38 bits per heavy atom. The molecule has 2 heteroatoms. The topological polar surface area (TPSA) is 29.5 Å². The molecule has 1 rings (SSSR count). The predicted octanol–water partition coefficient (Wildman–Crippen LogP) is 2.66. The lowest BCUT2D eigenvalue weighted by molar-refractivity contribution is 0.370. The van der Waals surface area contributed by atoms with Gasteiger partial charge >= 0.3 is 0 Å². The van der Waals surface area contributed by atoms with Crippen LogP contribution in [0.2, 0.25) is 0 Å². The number of ether oxygens (including phenoxy) is 1. The number of rotatable bonds is 3. The van der Waals surface area contributed by atoms with Gasteiger partial charge in [-0.15, -0.1) is 0 Å². The van der Waals surface area contributed by atoms with E-state index in [1.165, 1.54) is 0 Å². The molecule has 0 amide bonds. The van der Waals surface area contributed by atoms with E-state index in [0.717, 1.165) is 24.0 Å². The molecule has 0 saturated carbocycles. The van der Waals surface area contributed by atoms with E-state index in [1.807, 2.05) is 13.0 Å². The number of benzene rings is 1. The normalized spacial score (nSPS) is 10.1. The van der Waals surface area contributed by atoms with E-state index < -0.39 is 0 Å². The maximum atomic E-state index is 9.78. The third-order valence-electron chi connectivity index (χ3n) is 2.20. The highest BCUT2D eigenvalue weighted by Crippen LogP contribution is 2.32. The molecule has 2 nitrogen and oxygen atoms in total. The van der Waals surface area contributed by atoms with Gasteiger partial charge in [-0.25, -0.2) is 0 Å². The molecule has 0 aliphatic rings. The molecule has 0 bridgehead atoms. The Kier molecular flexibility index (Phi) is 3.18. The molecular weight excluding hydrogens is 164 g/mol. The van der Waals surface area contributed by atoms with Gasteiger partial charge in [-0.3, -0.25) is 0 Å². The van der Waals surface area contributed by atoms with Gasteiger partial charge < -0.3 is 9.84 Å². The Hall–Kier alpha value is -1.18. The summed E-state index contributed by atoms with van der Waals surface area (Å²) in [6.07, 6.45) is 1.93. The molecule has 1 aromatic carbocycles. The molecule has 0 aliphatic carbocycles. The summed E-state index contributed by atoms with van der Waals surface area (Å²) >= 11 is 0. The first-order chi connectivity index (χ1) is 6.20. The van der Waals surface area contributed by atoms with E-state index >= 15 is 0 Å². The van der Waals surface area contributed by atoms with Crippen LogP contribution in [0.5, 0.6) is 11.5 Å². The molecule has 13 heavy (non-hydrogen) atoms. The SMILES string of the molecule is CCCc1c(C)ccc(OC)c1O. The van der Waals surface area contributed by atoms with Gasteiger partial charge in [0, 0.05) is 5.56 Å². The van der Waals surface area contributed by atoms with E-state index in [4.69, 9.17) is 4.74 Å². The molecule has 0 aromatic heterocycles. The van der Waals surface area contributed by atoms with Crippen molar-refractivity contribution in [2.75, 3.05) is 7.11 Å². The maximum Gasteiger partial charge on any atom is 0.161 e. The molecule has 72 valence electrons. The zero-order chi connectivity index (χ0) is 9.84. The first-order valence-corrected chi connectivity index (χ1v) is 4.56. The summed E-state index contributed by atoms with van der Waals surface area (Å²) in [5.41, 5.74) is 2.13. The molecule has 0 heterocycles. The molecule has 0 aliphatic heterocycles. The van der Waals surface area contributed by atoms with Crippen molar-refractivity contribution in [3.63, 3.8) is 0 Å².